The number of aromatic nitrogens is 2. The average Bonchev–Trinajstić information content (AvgIpc) is 2.69. The first-order valence-corrected chi connectivity index (χ1v) is 8.75. The van der Waals surface area contributed by atoms with Crippen molar-refractivity contribution < 1.29 is 9.47 Å². The van der Waals surface area contributed by atoms with Crippen molar-refractivity contribution in [3.05, 3.63) is 39.5 Å². The van der Waals surface area contributed by atoms with Crippen LogP contribution in [0.2, 0.25) is 0 Å². The maximum atomic E-state index is 6.03. The van der Waals surface area contributed by atoms with Gasteiger partial charge in [0.2, 0.25) is 5.88 Å². The monoisotopic (exact) mass is 333 g/mol. The first kappa shape index (κ1) is 16.4. The number of aryl methyl sites for hydroxylation is 3. The molecule has 0 N–H and O–H groups in total. The number of thiazole rings is 1. The lowest BCUT2D eigenvalue weighted by molar-refractivity contribution is 0.0683. The van der Waals surface area contributed by atoms with E-state index >= 15 is 0 Å². The fraction of sp³-hybridized carbons (Fsp3) is 0.529. The largest absolute Gasteiger partial charge is 0.471 e. The van der Waals surface area contributed by atoms with E-state index in [1.807, 2.05) is 25.1 Å². The molecule has 1 aliphatic heterocycles. The molecule has 23 heavy (non-hydrogen) atoms. The molecule has 0 radical (unpaired) electrons. The Morgan fingerprint density at radius 3 is 2.91 bits per heavy atom. The molecule has 0 bridgehead atoms. The van der Waals surface area contributed by atoms with E-state index in [1.54, 1.807) is 11.3 Å². The van der Waals surface area contributed by atoms with Crippen LogP contribution in [0, 0.1) is 20.8 Å². The lowest BCUT2D eigenvalue weighted by Crippen LogP contribution is -2.35. The van der Waals surface area contributed by atoms with Gasteiger partial charge in [-0.1, -0.05) is 6.07 Å². The summed E-state index contributed by atoms with van der Waals surface area (Å²) in [5.74, 6) is 0.672. The zero-order chi connectivity index (χ0) is 16.2. The van der Waals surface area contributed by atoms with E-state index in [1.165, 1.54) is 4.88 Å². The number of nitrogens with zero attached hydrogens (tertiary/aromatic N) is 3. The number of hydrogen-bond acceptors (Lipinski definition) is 6. The van der Waals surface area contributed by atoms with Gasteiger partial charge in [-0.05, 0) is 26.8 Å². The fourth-order valence-corrected chi connectivity index (χ4v) is 3.71. The first-order chi connectivity index (χ1) is 11.1. The zero-order valence-electron chi connectivity index (χ0n) is 13.9. The minimum absolute atomic E-state index is 0.00104. The molecule has 0 aliphatic carbocycles. The summed E-state index contributed by atoms with van der Waals surface area (Å²) in [5, 5.41) is 1.13. The SMILES string of the molecule is Cc1cccc(OC2COCCN(Cc3sc(C)nc3C)C2)n1. The second-order valence-electron chi connectivity index (χ2n) is 5.91. The molecule has 1 saturated heterocycles. The molecule has 3 heterocycles. The lowest BCUT2D eigenvalue weighted by atomic mass is 10.3. The minimum Gasteiger partial charge on any atom is -0.471 e. The van der Waals surface area contributed by atoms with Crippen LogP contribution in [-0.2, 0) is 11.3 Å². The van der Waals surface area contributed by atoms with Crippen LogP contribution < -0.4 is 4.74 Å². The summed E-state index contributed by atoms with van der Waals surface area (Å²) in [4.78, 5) is 12.6. The van der Waals surface area contributed by atoms with Crippen LogP contribution in [0.1, 0.15) is 21.3 Å². The van der Waals surface area contributed by atoms with Crippen LogP contribution in [0.25, 0.3) is 0 Å². The van der Waals surface area contributed by atoms with Gasteiger partial charge in [-0.15, -0.1) is 11.3 Å². The molecule has 1 atom stereocenters. The molecule has 0 amide bonds. The van der Waals surface area contributed by atoms with E-state index < -0.39 is 0 Å². The summed E-state index contributed by atoms with van der Waals surface area (Å²) in [6.07, 6.45) is 0.00104. The van der Waals surface area contributed by atoms with Crippen molar-refractivity contribution in [3.8, 4) is 5.88 Å². The highest BCUT2D eigenvalue weighted by Gasteiger charge is 2.22. The molecule has 5 nitrogen and oxygen atoms in total. The molecule has 2 aromatic heterocycles. The molecular weight excluding hydrogens is 310 g/mol. The Morgan fingerprint density at radius 2 is 2.17 bits per heavy atom. The van der Waals surface area contributed by atoms with Crippen LogP contribution in [0.3, 0.4) is 0 Å². The van der Waals surface area contributed by atoms with Crippen molar-refractivity contribution in [3.63, 3.8) is 0 Å². The van der Waals surface area contributed by atoms with Gasteiger partial charge >= 0.3 is 0 Å². The summed E-state index contributed by atoms with van der Waals surface area (Å²) < 4.78 is 11.7. The summed E-state index contributed by atoms with van der Waals surface area (Å²) in [6.45, 7) is 10.1. The zero-order valence-corrected chi connectivity index (χ0v) is 14.7. The van der Waals surface area contributed by atoms with Crippen molar-refractivity contribution >= 4 is 11.3 Å². The third-order valence-corrected chi connectivity index (χ3v) is 4.89. The van der Waals surface area contributed by atoms with Crippen LogP contribution in [-0.4, -0.2) is 47.3 Å². The van der Waals surface area contributed by atoms with Crippen molar-refractivity contribution in [1.29, 1.82) is 0 Å². The van der Waals surface area contributed by atoms with Gasteiger partial charge in [-0.2, -0.15) is 0 Å². The predicted molar refractivity (Wildman–Crippen MR) is 91.1 cm³/mol. The molecule has 6 heteroatoms. The first-order valence-electron chi connectivity index (χ1n) is 7.93. The van der Waals surface area contributed by atoms with Gasteiger partial charge in [-0.25, -0.2) is 9.97 Å². The Morgan fingerprint density at radius 1 is 1.30 bits per heavy atom. The van der Waals surface area contributed by atoms with Crippen molar-refractivity contribution in [2.75, 3.05) is 26.3 Å². The highest BCUT2D eigenvalue weighted by molar-refractivity contribution is 7.11. The van der Waals surface area contributed by atoms with Crippen LogP contribution in [0.15, 0.2) is 18.2 Å². The Labute approximate surface area is 141 Å². The Balaban J connectivity index is 1.65. The van der Waals surface area contributed by atoms with Gasteiger partial charge in [-0.3, -0.25) is 4.90 Å². The maximum Gasteiger partial charge on any atom is 0.213 e. The summed E-state index contributed by atoms with van der Waals surface area (Å²) in [5.41, 5.74) is 2.10. The van der Waals surface area contributed by atoms with E-state index in [4.69, 9.17) is 9.47 Å². The highest BCUT2D eigenvalue weighted by atomic mass is 32.1. The summed E-state index contributed by atoms with van der Waals surface area (Å²) in [6, 6.07) is 5.84. The molecule has 2 aromatic rings. The number of rotatable bonds is 4. The van der Waals surface area contributed by atoms with E-state index in [0.29, 0.717) is 12.5 Å². The minimum atomic E-state index is 0.00104. The predicted octanol–water partition coefficient (Wildman–Crippen LogP) is 2.74. The molecule has 1 unspecified atom stereocenters. The molecule has 0 aromatic carbocycles. The maximum absolute atomic E-state index is 6.03. The Kier molecular flexibility index (Phi) is 5.25. The standard InChI is InChI=1S/C17H23N3O2S/c1-12-5-4-6-17(18-12)22-15-9-20(7-8-21-11-15)10-16-13(2)19-14(3)23-16/h4-6,15H,7-11H2,1-3H3. The lowest BCUT2D eigenvalue weighted by Gasteiger charge is -2.23. The van der Waals surface area contributed by atoms with Crippen molar-refractivity contribution in [2.24, 2.45) is 0 Å². The second-order valence-corrected chi connectivity index (χ2v) is 7.20. The third-order valence-electron chi connectivity index (χ3n) is 3.83. The second kappa shape index (κ2) is 7.38. The van der Waals surface area contributed by atoms with Crippen LogP contribution in [0.5, 0.6) is 5.88 Å². The van der Waals surface area contributed by atoms with E-state index in [0.717, 1.165) is 42.6 Å². The smallest absolute Gasteiger partial charge is 0.213 e. The van der Waals surface area contributed by atoms with Gasteiger partial charge in [0.1, 0.15) is 6.10 Å². The van der Waals surface area contributed by atoms with Crippen LogP contribution in [0.4, 0.5) is 0 Å². The molecular formula is C17H23N3O2S. The number of ether oxygens (including phenoxy) is 2. The summed E-state index contributed by atoms with van der Waals surface area (Å²) >= 11 is 1.78. The van der Waals surface area contributed by atoms with Gasteiger partial charge in [0.15, 0.2) is 0 Å². The topological polar surface area (TPSA) is 47.5 Å². The quantitative estimate of drug-likeness (QED) is 0.861. The van der Waals surface area contributed by atoms with Crippen molar-refractivity contribution in [1.82, 2.24) is 14.9 Å². The molecule has 1 aliphatic rings. The Hall–Kier alpha value is -1.50. The molecule has 3 rings (SSSR count). The van der Waals surface area contributed by atoms with Crippen LogP contribution >= 0.6 is 11.3 Å². The van der Waals surface area contributed by atoms with E-state index in [9.17, 15) is 0 Å². The van der Waals surface area contributed by atoms with E-state index in [-0.39, 0.29) is 6.10 Å². The summed E-state index contributed by atoms with van der Waals surface area (Å²) in [7, 11) is 0. The fourth-order valence-electron chi connectivity index (χ4n) is 2.73. The van der Waals surface area contributed by atoms with Gasteiger partial charge in [0.25, 0.3) is 0 Å². The normalized spacial score (nSPS) is 19.5. The molecule has 0 spiro atoms. The Bertz CT molecular complexity index is 659. The average molecular weight is 333 g/mol. The third kappa shape index (κ3) is 4.50. The van der Waals surface area contributed by atoms with Gasteiger partial charge in [0.05, 0.1) is 23.9 Å². The number of pyridine rings is 1. The number of hydrogen-bond donors (Lipinski definition) is 0. The molecule has 124 valence electrons. The van der Waals surface area contributed by atoms with Gasteiger partial charge < -0.3 is 9.47 Å². The van der Waals surface area contributed by atoms with Crippen molar-refractivity contribution in [2.45, 2.75) is 33.4 Å². The molecule has 0 saturated carbocycles. The molecule has 1 fully saturated rings. The highest BCUT2D eigenvalue weighted by Crippen LogP contribution is 2.20. The van der Waals surface area contributed by atoms with E-state index in [2.05, 4.69) is 28.7 Å². The van der Waals surface area contributed by atoms with Gasteiger partial charge in [0, 0.05) is 36.3 Å².